The zero-order chi connectivity index (χ0) is 23.1. The van der Waals surface area contributed by atoms with Crippen LogP contribution < -0.4 is 11.4 Å². The number of phosphoric acid groups is 1. The van der Waals surface area contributed by atoms with Gasteiger partial charge < -0.3 is 20.1 Å². The van der Waals surface area contributed by atoms with Gasteiger partial charge in [0.15, 0.2) is 6.23 Å². The molecule has 1 aliphatic rings. The number of hydrogen-bond acceptors (Lipinski definition) is 8. The average Bonchev–Trinajstić information content (AvgIpc) is 2.83. The van der Waals surface area contributed by atoms with Gasteiger partial charge in [-0.25, -0.2) is 9.36 Å². The summed E-state index contributed by atoms with van der Waals surface area (Å²) in [5, 5.41) is 0. The van der Waals surface area contributed by atoms with Crippen molar-refractivity contribution >= 4 is 13.6 Å². The molecule has 3 N–H and O–H groups in total. The fourth-order valence-electron chi connectivity index (χ4n) is 3.36. The summed E-state index contributed by atoms with van der Waals surface area (Å²) in [7, 11) is -3.02. The zero-order valence-electron chi connectivity index (χ0n) is 18.9. The first-order valence-electron chi connectivity index (χ1n) is 9.78. The van der Waals surface area contributed by atoms with Gasteiger partial charge in [-0.3, -0.25) is 13.6 Å². The molecule has 30 heavy (non-hydrogen) atoms. The summed E-state index contributed by atoms with van der Waals surface area (Å²) in [6.45, 7) is 12.7. The van der Waals surface area contributed by atoms with Gasteiger partial charge in [-0.15, -0.1) is 0 Å². The SMILES string of the molecule is CO[C@H]1C(OP(=O)(O)OC(C)(C)C)[C@@H](CC(C)(C)C)O[C@H]1n1cc(C)c(N)nc1=O. The van der Waals surface area contributed by atoms with Crippen LogP contribution in [0.4, 0.5) is 5.82 Å². The third-order valence-electron chi connectivity index (χ3n) is 4.46. The zero-order valence-corrected chi connectivity index (χ0v) is 19.8. The molecule has 0 radical (unpaired) electrons. The number of rotatable bonds is 6. The van der Waals surface area contributed by atoms with E-state index in [2.05, 4.69) is 4.98 Å². The lowest BCUT2D eigenvalue weighted by Gasteiger charge is -2.30. The molecule has 0 aromatic carbocycles. The molecular formula is C19H34N3O7P. The van der Waals surface area contributed by atoms with Crippen LogP contribution in [-0.4, -0.2) is 45.5 Å². The minimum atomic E-state index is -4.45. The van der Waals surface area contributed by atoms with Gasteiger partial charge in [0.2, 0.25) is 0 Å². The Bertz CT molecular complexity index is 859. The van der Waals surface area contributed by atoms with Gasteiger partial charge in [-0.05, 0) is 39.5 Å². The van der Waals surface area contributed by atoms with Crippen LogP contribution in [0.25, 0.3) is 0 Å². The molecule has 11 heteroatoms. The number of phosphoric ester groups is 1. The van der Waals surface area contributed by atoms with E-state index in [0.717, 1.165) is 0 Å². The van der Waals surface area contributed by atoms with Crippen molar-refractivity contribution in [3.63, 3.8) is 0 Å². The third kappa shape index (κ3) is 6.35. The monoisotopic (exact) mass is 447 g/mol. The minimum absolute atomic E-state index is 0.126. The first-order chi connectivity index (χ1) is 13.5. The van der Waals surface area contributed by atoms with Crippen LogP contribution in [0, 0.1) is 12.3 Å². The summed E-state index contributed by atoms with van der Waals surface area (Å²) in [4.78, 5) is 26.6. The molecule has 2 unspecified atom stereocenters. The fourth-order valence-corrected chi connectivity index (χ4v) is 4.66. The molecule has 10 nitrogen and oxygen atoms in total. The van der Waals surface area contributed by atoms with Crippen LogP contribution in [0.2, 0.25) is 0 Å². The highest BCUT2D eigenvalue weighted by Crippen LogP contribution is 2.52. The number of aryl methyl sites for hydroxylation is 1. The molecule has 2 heterocycles. The summed E-state index contributed by atoms with van der Waals surface area (Å²) in [5.74, 6) is 0.126. The quantitative estimate of drug-likeness (QED) is 0.631. The molecule has 1 aromatic rings. The van der Waals surface area contributed by atoms with Crippen molar-refractivity contribution in [3.8, 4) is 0 Å². The van der Waals surface area contributed by atoms with Crippen molar-refractivity contribution in [2.24, 2.45) is 5.41 Å². The van der Waals surface area contributed by atoms with Crippen molar-refractivity contribution in [2.75, 3.05) is 12.8 Å². The highest BCUT2D eigenvalue weighted by atomic mass is 31.2. The number of nitrogen functional groups attached to an aromatic ring is 1. The van der Waals surface area contributed by atoms with Gasteiger partial charge in [0.25, 0.3) is 0 Å². The van der Waals surface area contributed by atoms with E-state index in [-0.39, 0.29) is 11.2 Å². The number of hydrogen-bond donors (Lipinski definition) is 2. The van der Waals surface area contributed by atoms with Crippen LogP contribution in [0.15, 0.2) is 11.0 Å². The summed E-state index contributed by atoms with van der Waals surface area (Å²) in [6, 6.07) is 0. The topological polar surface area (TPSA) is 135 Å². The van der Waals surface area contributed by atoms with Crippen molar-refractivity contribution in [2.45, 2.75) is 85.0 Å². The first-order valence-corrected chi connectivity index (χ1v) is 11.3. The molecule has 2 rings (SSSR count). The number of nitrogens with two attached hydrogens (primary N) is 1. The number of anilines is 1. The predicted octanol–water partition coefficient (Wildman–Crippen LogP) is 2.78. The van der Waals surface area contributed by atoms with Crippen LogP contribution in [0.5, 0.6) is 0 Å². The van der Waals surface area contributed by atoms with Crippen molar-refractivity contribution in [1.29, 1.82) is 0 Å². The Hall–Kier alpha value is -1.29. The molecule has 1 aromatic heterocycles. The standard InChI is InChI=1S/C19H34N3O7P/c1-11-10-22(17(23)21-15(11)20)16-14(26-8)13(12(27-16)9-18(2,3)4)28-30(24,25)29-19(5,6)7/h10,12-14,16H,9H2,1-8H3,(H,24,25)(H2,20,21,23)/t12-,13?,14+,16-/m1/s1. The normalized spacial score (nSPS) is 27.2. The van der Waals surface area contributed by atoms with E-state index in [0.29, 0.717) is 12.0 Å². The summed E-state index contributed by atoms with van der Waals surface area (Å²) in [5.41, 5.74) is 4.61. The maximum atomic E-state index is 12.7. The van der Waals surface area contributed by atoms with Crippen molar-refractivity contribution in [3.05, 3.63) is 22.2 Å². The Morgan fingerprint density at radius 2 is 1.87 bits per heavy atom. The molecule has 0 amide bonds. The third-order valence-corrected chi connectivity index (χ3v) is 5.75. The molecule has 0 saturated carbocycles. The molecular weight excluding hydrogens is 413 g/mol. The van der Waals surface area contributed by atoms with Gasteiger partial charge in [0, 0.05) is 18.9 Å². The molecule has 1 aliphatic heterocycles. The Morgan fingerprint density at radius 1 is 1.27 bits per heavy atom. The second-order valence-corrected chi connectivity index (χ2v) is 11.1. The second-order valence-electron chi connectivity index (χ2n) is 9.77. The maximum absolute atomic E-state index is 12.7. The van der Waals surface area contributed by atoms with Crippen molar-refractivity contribution < 1.29 is 28.0 Å². The molecule has 0 aliphatic carbocycles. The van der Waals surface area contributed by atoms with Crippen LogP contribution >= 0.6 is 7.82 Å². The van der Waals surface area contributed by atoms with E-state index in [1.807, 2.05) is 20.8 Å². The summed E-state index contributed by atoms with van der Waals surface area (Å²) in [6.07, 6.45) is -1.34. The molecule has 0 bridgehead atoms. The summed E-state index contributed by atoms with van der Waals surface area (Å²) >= 11 is 0. The Kier molecular flexibility index (Phi) is 7.23. The van der Waals surface area contributed by atoms with Gasteiger partial charge >= 0.3 is 13.5 Å². The number of aromatic nitrogens is 2. The van der Waals surface area contributed by atoms with E-state index in [4.69, 9.17) is 24.3 Å². The number of methoxy groups -OCH3 is 1. The van der Waals surface area contributed by atoms with E-state index in [9.17, 15) is 14.3 Å². The molecule has 1 fully saturated rings. The molecule has 1 saturated heterocycles. The van der Waals surface area contributed by atoms with Crippen LogP contribution in [-0.2, 0) is 23.1 Å². The van der Waals surface area contributed by atoms with Gasteiger partial charge in [0.05, 0.1) is 11.7 Å². The van der Waals surface area contributed by atoms with E-state index >= 15 is 0 Å². The Labute approximate surface area is 177 Å². The molecule has 5 atom stereocenters. The molecule has 0 spiro atoms. The highest BCUT2D eigenvalue weighted by molar-refractivity contribution is 7.47. The number of ether oxygens (including phenoxy) is 2. The highest BCUT2D eigenvalue weighted by Gasteiger charge is 2.51. The van der Waals surface area contributed by atoms with E-state index < -0.39 is 43.7 Å². The lowest BCUT2D eigenvalue weighted by molar-refractivity contribution is -0.0594. The second kappa shape index (κ2) is 8.68. The van der Waals surface area contributed by atoms with E-state index in [1.54, 1.807) is 27.7 Å². The first kappa shape index (κ1) is 25.0. The summed E-state index contributed by atoms with van der Waals surface area (Å²) < 4.78 is 36.5. The van der Waals surface area contributed by atoms with Gasteiger partial charge in [-0.1, -0.05) is 20.8 Å². The van der Waals surface area contributed by atoms with Gasteiger partial charge in [0.1, 0.15) is 18.0 Å². The average molecular weight is 447 g/mol. The van der Waals surface area contributed by atoms with Crippen LogP contribution in [0.3, 0.4) is 0 Å². The minimum Gasteiger partial charge on any atom is -0.383 e. The maximum Gasteiger partial charge on any atom is 0.473 e. The predicted molar refractivity (Wildman–Crippen MR) is 112 cm³/mol. The number of nitrogens with zero attached hydrogens (tertiary/aromatic N) is 2. The van der Waals surface area contributed by atoms with Crippen molar-refractivity contribution in [1.82, 2.24) is 9.55 Å². The van der Waals surface area contributed by atoms with Gasteiger partial charge in [-0.2, -0.15) is 4.98 Å². The van der Waals surface area contributed by atoms with Crippen LogP contribution in [0.1, 0.15) is 59.8 Å². The molecule has 172 valence electrons. The fraction of sp³-hybridized carbons (Fsp3) is 0.789. The van der Waals surface area contributed by atoms with E-state index in [1.165, 1.54) is 17.9 Å². The lowest BCUT2D eigenvalue weighted by atomic mass is 9.87. The Morgan fingerprint density at radius 3 is 2.37 bits per heavy atom. The largest absolute Gasteiger partial charge is 0.473 e. The Balaban J connectivity index is 2.45. The lowest BCUT2D eigenvalue weighted by Crippen LogP contribution is -2.39. The smallest absolute Gasteiger partial charge is 0.383 e.